The van der Waals surface area contributed by atoms with Gasteiger partial charge in [-0.3, -0.25) is 9.59 Å². The lowest BCUT2D eigenvalue weighted by Gasteiger charge is -2.39. The fraction of sp³-hybridized carbons (Fsp3) is 0.250. The van der Waals surface area contributed by atoms with Crippen molar-refractivity contribution in [3.05, 3.63) is 81.5 Å². The van der Waals surface area contributed by atoms with Gasteiger partial charge in [0.25, 0.3) is 5.91 Å². The molecule has 1 atom stereocenters. The Hall–Kier alpha value is -3.47. The van der Waals surface area contributed by atoms with Crippen LogP contribution in [0.4, 0.5) is 0 Å². The minimum atomic E-state index is -0.0567. The molecule has 5 aromatic rings. The van der Waals surface area contributed by atoms with Gasteiger partial charge in [-0.25, -0.2) is 4.98 Å². The molecule has 0 aliphatic carbocycles. The van der Waals surface area contributed by atoms with E-state index in [9.17, 15) is 9.59 Å². The van der Waals surface area contributed by atoms with E-state index < -0.39 is 0 Å². The first-order chi connectivity index (χ1) is 19.0. The Kier molecular flexibility index (Phi) is 7.24. The Labute approximate surface area is 238 Å². The molecule has 2 aromatic carbocycles. The van der Waals surface area contributed by atoms with Crippen LogP contribution in [0.25, 0.3) is 22.1 Å². The van der Waals surface area contributed by atoms with Gasteiger partial charge < -0.3 is 14.4 Å². The predicted octanol–water partition coefficient (Wildman–Crippen LogP) is 5.21. The van der Waals surface area contributed by atoms with E-state index in [1.165, 1.54) is 23.1 Å². The molecule has 8 nitrogen and oxygen atoms in total. The van der Waals surface area contributed by atoms with Gasteiger partial charge in [0.15, 0.2) is 5.65 Å². The van der Waals surface area contributed by atoms with Crippen LogP contribution in [0.5, 0.6) is 0 Å². The fourth-order valence-electron chi connectivity index (χ4n) is 4.97. The zero-order valence-corrected chi connectivity index (χ0v) is 23.5. The van der Waals surface area contributed by atoms with Gasteiger partial charge in [-0.1, -0.05) is 59.8 Å². The Morgan fingerprint density at radius 3 is 2.74 bits per heavy atom. The summed E-state index contributed by atoms with van der Waals surface area (Å²) in [6, 6.07) is 19.5. The molecule has 0 saturated carbocycles. The number of rotatable bonds is 6. The lowest BCUT2D eigenvalue weighted by atomic mass is 10.2. The van der Waals surface area contributed by atoms with E-state index in [-0.39, 0.29) is 23.6 Å². The molecule has 4 heterocycles. The molecule has 1 fully saturated rings. The number of hydrogen-bond acceptors (Lipinski definition) is 7. The molecule has 0 radical (unpaired) electrons. The predicted molar refractivity (Wildman–Crippen MR) is 156 cm³/mol. The number of hydrogen-bond donors (Lipinski definition) is 0. The van der Waals surface area contributed by atoms with Crippen molar-refractivity contribution in [2.24, 2.45) is 0 Å². The van der Waals surface area contributed by atoms with Crippen LogP contribution in [0.2, 0.25) is 5.02 Å². The van der Waals surface area contributed by atoms with E-state index in [1.54, 1.807) is 0 Å². The van der Waals surface area contributed by atoms with Crippen molar-refractivity contribution < 1.29 is 9.59 Å². The number of piperazine rings is 1. The van der Waals surface area contributed by atoms with Crippen LogP contribution >= 0.6 is 34.7 Å². The van der Waals surface area contributed by atoms with Crippen LogP contribution < -0.4 is 0 Å². The summed E-state index contributed by atoms with van der Waals surface area (Å²) < 4.78 is 2.11. The highest BCUT2D eigenvalue weighted by atomic mass is 35.5. The number of fused-ring (bicyclic) bond motifs is 3. The summed E-state index contributed by atoms with van der Waals surface area (Å²) >= 11 is 8.95. The normalized spacial score (nSPS) is 15.8. The fourth-order valence-corrected chi connectivity index (χ4v) is 6.55. The van der Waals surface area contributed by atoms with Crippen LogP contribution in [0, 0.1) is 0 Å². The molecule has 1 unspecified atom stereocenters. The maximum absolute atomic E-state index is 13.1. The van der Waals surface area contributed by atoms with Crippen molar-refractivity contribution in [3.8, 4) is 0 Å². The summed E-state index contributed by atoms with van der Waals surface area (Å²) in [5, 5.41) is 12.8. The quantitative estimate of drug-likeness (QED) is 0.258. The third-order valence-electron chi connectivity index (χ3n) is 6.88. The van der Waals surface area contributed by atoms with Gasteiger partial charge in [0.05, 0.1) is 16.1 Å². The number of thioether (sulfide) groups is 1. The molecular weight excluding hydrogens is 552 g/mol. The first-order valence-electron chi connectivity index (χ1n) is 12.6. The average Bonchev–Trinajstić information content (AvgIpc) is 3.59. The second-order valence-corrected chi connectivity index (χ2v) is 11.8. The number of carbonyl (C=O) groups excluding carboxylic acids is 2. The largest absolute Gasteiger partial charge is 0.338 e. The first-order valence-corrected chi connectivity index (χ1v) is 14.8. The zero-order valence-electron chi connectivity index (χ0n) is 21.2. The molecular formula is C28H25ClN6O2S2. The van der Waals surface area contributed by atoms with Gasteiger partial charge >= 0.3 is 0 Å². The van der Waals surface area contributed by atoms with E-state index in [1.807, 2.05) is 82.8 Å². The number of amides is 2. The van der Waals surface area contributed by atoms with Gasteiger partial charge in [0.1, 0.15) is 5.52 Å². The van der Waals surface area contributed by atoms with Crippen molar-refractivity contribution in [2.45, 2.75) is 24.7 Å². The Morgan fingerprint density at radius 2 is 1.95 bits per heavy atom. The molecule has 1 aliphatic heterocycles. The molecule has 2 amide bonds. The van der Waals surface area contributed by atoms with Gasteiger partial charge in [-0.2, -0.15) is 0 Å². The van der Waals surface area contributed by atoms with Gasteiger partial charge in [-0.05, 0) is 42.1 Å². The second kappa shape index (κ2) is 11.0. The van der Waals surface area contributed by atoms with Crippen LogP contribution in [-0.4, -0.2) is 72.8 Å². The summed E-state index contributed by atoms with van der Waals surface area (Å²) in [4.78, 5) is 35.1. The van der Waals surface area contributed by atoms with Crippen molar-refractivity contribution in [3.63, 3.8) is 0 Å². The minimum Gasteiger partial charge on any atom is -0.338 e. The summed E-state index contributed by atoms with van der Waals surface area (Å²) in [7, 11) is 0. The summed E-state index contributed by atoms with van der Waals surface area (Å²) in [6.07, 6.45) is 0. The zero-order chi connectivity index (χ0) is 26.9. The summed E-state index contributed by atoms with van der Waals surface area (Å²) in [5.74, 6) is 0.228. The molecule has 198 valence electrons. The lowest BCUT2D eigenvalue weighted by Crippen LogP contribution is -2.55. The van der Waals surface area contributed by atoms with Crippen molar-refractivity contribution in [1.29, 1.82) is 0 Å². The smallest absolute Gasteiger partial charge is 0.264 e. The molecule has 39 heavy (non-hydrogen) atoms. The number of carbonyl (C=O) groups is 2. The number of para-hydroxylation sites is 1. The highest BCUT2D eigenvalue weighted by Crippen LogP contribution is 2.28. The molecule has 1 saturated heterocycles. The lowest BCUT2D eigenvalue weighted by molar-refractivity contribution is -0.130. The van der Waals surface area contributed by atoms with E-state index in [2.05, 4.69) is 14.8 Å². The molecule has 1 aliphatic rings. The van der Waals surface area contributed by atoms with Crippen molar-refractivity contribution in [2.75, 3.05) is 25.4 Å². The summed E-state index contributed by atoms with van der Waals surface area (Å²) in [5.41, 5.74) is 3.51. The Morgan fingerprint density at radius 1 is 1.08 bits per heavy atom. The number of aromatic nitrogens is 4. The molecule has 6 rings (SSSR count). The minimum absolute atomic E-state index is 0.00163. The van der Waals surface area contributed by atoms with Gasteiger partial charge in [0, 0.05) is 42.6 Å². The number of nitrogens with zero attached hydrogens (tertiary/aromatic N) is 6. The number of benzene rings is 2. The van der Waals surface area contributed by atoms with Crippen LogP contribution in [0.3, 0.4) is 0 Å². The second-order valence-electron chi connectivity index (χ2n) is 9.45. The molecule has 0 N–H and O–H groups in total. The first kappa shape index (κ1) is 25.8. The number of halogens is 1. The third kappa shape index (κ3) is 5.24. The molecule has 11 heteroatoms. The molecule has 0 spiro atoms. The average molecular weight is 577 g/mol. The maximum Gasteiger partial charge on any atom is 0.264 e. The SMILES string of the molecule is CC1CN(C(=O)CSc2nnc3c4ccccc4n(Cc4cccc(Cl)c4)c3n2)CCN1C(=O)c1cccs1. The van der Waals surface area contributed by atoms with Crippen LogP contribution in [0.15, 0.2) is 71.2 Å². The summed E-state index contributed by atoms with van der Waals surface area (Å²) in [6.45, 7) is 4.09. The van der Waals surface area contributed by atoms with E-state index >= 15 is 0 Å². The third-order valence-corrected chi connectivity index (χ3v) is 8.80. The molecule has 0 bridgehead atoms. The molecule has 3 aromatic heterocycles. The van der Waals surface area contributed by atoms with E-state index in [0.717, 1.165) is 32.5 Å². The Bertz CT molecular complexity index is 1670. The standard InChI is InChI=1S/C28H25ClN6O2S2/c1-18-15-33(11-12-34(18)27(37)23-10-5-13-38-23)24(36)17-39-28-30-26-25(31-32-28)21-8-2-3-9-22(21)35(26)16-19-6-4-7-20(29)14-19/h2-10,13-14,18H,11-12,15-17H2,1H3. The van der Waals surface area contributed by atoms with Crippen molar-refractivity contribution >= 4 is 68.6 Å². The number of thiophene rings is 1. The van der Waals surface area contributed by atoms with E-state index in [0.29, 0.717) is 36.4 Å². The van der Waals surface area contributed by atoms with Gasteiger partial charge in [-0.15, -0.1) is 21.5 Å². The van der Waals surface area contributed by atoms with Crippen LogP contribution in [0.1, 0.15) is 22.2 Å². The topological polar surface area (TPSA) is 84.2 Å². The van der Waals surface area contributed by atoms with Crippen molar-refractivity contribution in [1.82, 2.24) is 29.5 Å². The Balaban J connectivity index is 1.17. The van der Waals surface area contributed by atoms with Crippen LogP contribution in [-0.2, 0) is 11.3 Å². The highest BCUT2D eigenvalue weighted by Gasteiger charge is 2.30. The maximum atomic E-state index is 13.1. The monoisotopic (exact) mass is 576 g/mol. The van der Waals surface area contributed by atoms with Gasteiger partial charge in [0.2, 0.25) is 11.1 Å². The van der Waals surface area contributed by atoms with E-state index in [4.69, 9.17) is 16.6 Å². The highest BCUT2D eigenvalue weighted by molar-refractivity contribution is 7.99.